The number of rotatable bonds is 8. The Balaban J connectivity index is 1.77. The van der Waals surface area contributed by atoms with E-state index < -0.39 is 18.3 Å². The molecule has 0 radical (unpaired) electrons. The maximum atomic E-state index is 11.7. The minimum absolute atomic E-state index is 0.0947. The Bertz CT molecular complexity index is 670. The number of nitrogens with one attached hydrogen (secondary N) is 1. The molecule has 0 spiro atoms. The molecule has 0 aliphatic carbocycles. The number of alkyl carbamates (subject to hydrolysis) is 1. The second kappa shape index (κ2) is 9.94. The smallest absolute Gasteiger partial charge is 0.407 e. The Hall–Kier alpha value is -2.37. The van der Waals surface area contributed by atoms with E-state index in [-0.39, 0.29) is 13.2 Å². The molecule has 0 aliphatic heterocycles. The highest BCUT2D eigenvalue weighted by molar-refractivity contribution is 5.67. The summed E-state index contributed by atoms with van der Waals surface area (Å²) in [5, 5.41) is 22.8. The molecule has 26 heavy (non-hydrogen) atoms. The molecule has 2 aromatic rings. The highest BCUT2D eigenvalue weighted by atomic mass is 16.5. The van der Waals surface area contributed by atoms with Gasteiger partial charge in [0.15, 0.2) is 0 Å². The summed E-state index contributed by atoms with van der Waals surface area (Å²) in [7, 11) is 0. The number of hydrogen-bond donors (Lipinski definition) is 3. The van der Waals surface area contributed by atoms with Crippen LogP contribution in [0.5, 0.6) is 0 Å². The van der Waals surface area contributed by atoms with E-state index in [9.17, 15) is 15.0 Å². The fourth-order valence-corrected chi connectivity index (χ4v) is 2.62. The highest BCUT2D eigenvalue weighted by Gasteiger charge is 2.19. The second-order valence-corrected chi connectivity index (χ2v) is 6.79. The topological polar surface area (TPSA) is 78.8 Å². The van der Waals surface area contributed by atoms with Crippen molar-refractivity contribution in [2.75, 3.05) is 6.54 Å². The van der Waals surface area contributed by atoms with Gasteiger partial charge in [-0.05, 0) is 29.0 Å². The van der Waals surface area contributed by atoms with Crippen LogP contribution in [0.1, 0.15) is 36.6 Å². The maximum absolute atomic E-state index is 11.7. The monoisotopic (exact) mass is 357 g/mol. The highest BCUT2D eigenvalue weighted by Crippen LogP contribution is 2.18. The standard InChI is InChI=1S/C21H27NO4/c1-15(2)12-16-8-10-18(11-9-16)20(24)19(23)13-22-21(25)26-14-17-6-4-3-5-7-17/h3-11,15,19-20,23-24H,12-14H2,1-2H3,(H,22,25). The number of aliphatic hydroxyl groups excluding tert-OH is 2. The molecule has 2 atom stereocenters. The average molecular weight is 357 g/mol. The van der Waals surface area contributed by atoms with Crippen LogP contribution in [-0.4, -0.2) is 29.0 Å². The lowest BCUT2D eigenvalue weighted by Crippen LogP contribution is -2.35. The molecule has 0 bridgehead atoms. The molecule has 2 aromatic carbocycles. The lowest BCUT2D eigenvalue weighted by atomic mass is 9.98. The van der Waals surface area contributed by atoms with E-state index in [0.29, 0.717) is 11.5 Å². The van der Waals surface area contributed by atoms with Gasteiger partial charge in [0.1, 0.15) is 18.8 Å². The van der Waals surface area contributed by atoms with Crippen LogP contribution >= 0.6 is 0 Å². The fourth-order valence-electron chi connectivity index (χ4n) is 2.62. The fraction of sp³-hybridized carbons (Fsp3) is 0.381. The Morgan fingerprint density at radius 1 is 1.00 bits per heavy atom. The van der Waals surface area contributed by atoms with Crippen molar-refractivity contribution in [3.05, 3.63) is 71.3 Å². The molecule has 0 saturated heterocycles. The van der Waals surface area contributed by atoms with Gasteiger partial charge in [0, 0.05) is 6.54 Å². The van der Waals surface area contributed by atoms with E-state index in [1.165, 1.54) is 5.56 Å². The Kier molecular flexibility index (Phi) is 7.63. The average Bonchev–Trinajstić information content (AvgIpc) is 2.65. The number of aliphatic hydroxyl groups is 2. The van der Waals surface area contributed by atoms with Gasteiger partial charge < -0.3 is 20.3 Å². The zero-order chi connectivity index (χ0) is 18.9. The molecule has 2 rings (SSSR count). The zero-order valence-corrected chi connectivity index (χ0v) is 15.3. The summed E-state index contributed by atoms with van der Waals surface area (Å²) in [5.74, 6) is 0.558. The predicted molar refractivity (Wildman–Crippen MR) is 101 cm³/mol. The van der Waals surface area contributed by atoms with E-state index in [1.54, 1.807) is 12.1 Å². The van der Waals surface area contributed by atoms with Crippen LogP contribution in [-0.2, 0) is 17.8 Å². The first kappa shape index (κ1) is 19.9. The summed E-state index contributed by atoms with van der Waals surface area (Å²) in [5.41, 5.74) is 2.68. The van der Waals surface area contributed by atoms with Crippen LogP contribution in [0.15, 0.2) is 54.6 Å². The van der Waals surface area contributed by atoms with Gasteiger partial charge in [-0.1, -0.05) is 68.4 Å². The molecule has 140 valence electrons. The number of hydrogen-bond acceptors (Lipinski definition) is 4. The van der Waals surface area contributed by atoms with Crippen molar-refractivity contribution in [2.45, 2.75) is 39.1 Å². The first-order valence-corrected chi connectivity index (χ1v) is 8.85. The quantitative estimate of drug-likeness (QED) is 0.678. The van der Waals surface area contributed by atoms with Gasteiger partial charge in [-0.2, -0.15) is 0 Å². The van der Waals surface area contributed by atoms with Crippen molar-refractivity contribution in [3.63, 3.8) is 0 Å². The lowest BCUT2D eigenvalue weighted by Gasteiger charge is -2.19. The van der Waals surface area contributed by atoms with Gasteiger partial charge in [0.05, 0.1) is 0 Å². The third-order valence-electron chi connectivity index (χ3n) is 4.00. The van der Waals surface area contributed by atoms with Crippen LogP contribution in [0.4, 0.5) is 4.79 Å². The van der Waals surface area contributed by atoms with Crippen LogP contribution in [0.2, 0.25) is 0 Å². The van der Waals surface area contributed by atoms with E-state index in [4.69, 9.17) is 4.74 Å². The maximum Gasteiger partial charge on any atom is 0.407 e. The molecular weight excluding hydrogens is 330 g/mol. The number of ether oxygens (including phenoxy) is 1. The first-order valence-electron chi connectivity index (χ1n) is 8.85. The van der Waals surface area contributed by atoms with Crippen LogP contribution in [0, 0.1) is 5.92 Å². The van der Waals surface area contributed by atoms with Crippen molar-refractivity contribution in [3.8, 4) is 0 Å². The van der Waals surface area contributed by atoms with Gasteiger partial charge in [0.2, 0.25) is 0 Å². The summed E-state index contributed by atoms with van der Waals surface area (Å²) in [6.45, 7) is 4.36. The van der Waals surface area contributed by atoms with Gasteiger partial charge in [-0.15, -0.1) is 0 Å². The molecule has 1 amide bonds. The minimum atomic E-state index is -1.12. The summed E-state index contributed by atoms with van der Waals surface area (Å²) in [6, 6.07) is 16.8. The molecule has 0 fully saturated rings. The van der Waals surface area contributed by atoms with Gasteiger partial charge in [-0.25, -0.2) is 4.79 Å². The largest absolute Gasteiger partial charge is 0.445 e. The second-order valence-electron chi connectivity index (χ2n) is 6.79. The summed E-state index contributed by atoms with van der Waals surface area (Å²) < 4.78 is 5.07. The van der Waals surface area contributed by atoms with Gasteiger partial charge >= 0.3 is 6.09 Å². The Morgan fingerprint density at radius 2 is 1.65 bits per heavy atom. The Morgan fingerprint density at radius 3 is 2.27 bits per heavy atom. The van der Waals surface area contributed by atoms with Crippen LogP contribution in [0.25, 0.3) is 0 Å². The zero-order valence-electron chi connectivity index (χ0n) is 15.3. The van der Waals surface area contributed by atoms with Gasteiger partial charge in [0.25, 0.3) is 0 Å². The molecule has 0 aliphatic rings. The third kappa shape index (κ3) is 6.50. The van der Waals surface area contributed by atoms with E-state index in [0.717, 1.165) is 12.0 Å². The number of carbonyl (C=O) groups is 1. The molecule has 2 unspecified atom stereocenters. The van der Waals surface area contributed by atoms with E-state index in [2.05, 4.69) is 19.2 Å². The number of benzene rings is 2. The van der Waals surface area contributed by atoms with Crippen molar-refractivity contribution < 1.29 is 19.7 Å². The third-order valence-corrected chi connectivity index (χ3v) is 4.00. The summed E-state index contributed by atoms with van der Waals surface area (Å²) in [4.78, 5) is 11.7. The van der Waals surface area contributed by atoms with Crippen molar-refractivity contribution >= 4 is 6.09 Å². The molecule has 3 N–H and O–H groups in total. The predicted octanol–water partition coefficient (Wildman–Crippen LogP) is 3.21. The van der Waals surface area contributed by atoms with E-state index in [1.807, 2.05) is 42.5 Å². The normalized spacial score (nSPS) is 13.3. The summed E-state index contributed by atoms with van der Waals surface area (Å²) >= 11 is 0. The first-order chi connectivity index (χ1) is 12.5. The van der Waals surface area contributed by atoms with Crippen molar-refractivity contribution in [1.82, 2.24) is 5.32 Å². The minimum Gasteiger partial charge on any atom is -0.445 e. The van der Waals surface area contributed by atoms with Crippen LogP contribution in [0.3, 0.4) is 0 Å². The number of carbonyl (C=O) groups excluding carboxylic acids is 1. The van der Waals surface area contributed by atoms with Crippen molar-refractivity contribution in [1.29, 1.82) is 0 Å². The van der Waals surface area contributed by atoms with Gasteiger partial charge in [-0.3, -0.25) is 0 Å². The SMILES string of the molecule is CC(C)Cc1ccc(C(O)C(O)CNC(=O)OCc2ccccc2)cc1. The molecule has 5 nitrogen and oxygen atoms in total. The molecule has 5 heteroatoms. The lowest BCUT2D eigenvalue weighted by molar-refractivity contribution is 0.0184. The number of amides is 1. The van der Waals surface area contributed by atoms with E-state index >= 15 is 0 Å². The van der Waals surface area contributed by atoms with Crippen LogP contribution < -0.4 is 5.32 Å². The molecule has 0 aromatic heterocycles. The summed E-state index contributed by atoms with van der Waals surface area (Å²) in [6.07, 6.45) is -1.85. The molecule has 0 heterocycles. The molecule has 0 saturated carbocycles. The Labute approximate surface area is 154 Å². The molecular formula is C21H27NO4. The van der Waals surface area contributed by atoms with Crippen molar-refractivity contribution in [2.24, 2.45) is 5.92 Å².